The van der Waals surface area contributed by atoms with Gasteiger partial charge in [-0.15, -0.1) is 0 Å². The number of carboxylic acids is 1. The average Bonchev–Trinajstić information content (AvgIpc) is 2.44. The molecule has 0 aromatic heterocycles. The van der Waals surface area contributed by atoms with Gasteiger partial charge in [-0.25, -0.2) is 4.39 Å². The zero-order chi connectivity index (χ0) is 15.2. The maximum Gasteiger partial charge on any atom is 0.305 e. The van der Waals surface area contributed by atoms with Crippen LogP contribution in [-0.4, -0.2) is 41.8 Å². The van der Waals surface area contributed by atoms with Crippen LogP contribution in [0.1, 0.15) is 24.8 Å². The Bertz CT molecular complexity index is 490. The molecule has 0 unspecified atom stereocenters. The highest BCUT2D eigenvalue weighted by atomic mass is 35.5. The third kappa shape index (κ3) is 5.26. The van der Waals surface area contributed by atoms with Gasteiger partial charge in [0.1, 0.15) is 5.82 Å². The van der Waals surface area contributed by atoms with Crippen molar-refractivity contribution >= 4 is 17.6 Å². The molecule has 1 aromatic carbocycles. The molecule has 6 heteroatoms. The Hall–Kier alpha value is -1.17. The second-order valence-corrected chi connectivity index (χ2v) is 5.65. The molecule has 0 spiro atoms. The SMILES string of the molecule is O=C(O)CCOC1CCN(Cc2ccc(Cl)c(F)c2)CC1. The maximum absolute atomic E-state index is 13.4. The van der Waals surface area contributed by atoms with Crippen molar-refractivity contribution in [2.24, 2.45) is 0 Å². The van der Waals surface area contributed by atoms with E-state index in [9.17, 15) is 9.18 Å². The van der Waals surface area contributed by atoms with E-state index in [1.54, 1.807) is 6.07 Å². The van der Waals surface area contributed by atoms with Crippen LogP contribution in [0.15, 0.2) is 18.2 Å². The largest absolute Gasteiger partial charge is 0.481 e. The lowest BCUT2D eigenvalue weighted by Crippen LogP contribution is -2.36. The lowest BCUT2D eigenvalue weighted by Gasteiger charge is -2.31. The summed E-state index contributed by atoms with van der Waals surface area (Å²) < 4.78 is 18.9. The summed E-state index contributed by atoms with van der Waals surface area (Å²) in [6.45, 7) is 2.68. The fraction of sp³-hybridized carbons (Fsp3) is 0.533. The van der Waals surface area contributed by atoms with Crippen molar-refractivity contribution in [3.8, 4) is 0 Å². The van der Waals surface area contributed by atoms with E-state index in [0.717, 1.165) is 31.5 Å². The van der Waals surface area contributed by atoms with Crippen molar-refractivity contribution in [3.05, 3.63) is 34.6 Å². The molecule has 0 amide bonds. The summed E-state index contributed by atoms with van der Waals surface area (Å²) in [4.78, 5) is 12.7. The quantitative estimate of drug-likeness (QED) is 0.877. The van der Waals surface area contributed by atoms with Gasteiger partial charge in [0, 0.05) is 19.6 Å². The van der Waals surface area contributed by atoms with E-state index in [1.165, 1.54) is 6.07 Å². The number of likely N-dealkylation sites (tertiary alicyclic amines) is 1. The van der Waals surface area contributed by atoms with E-state index in [-0.39, 0.29) is 30.0 Å². The van der Waals surface area contributed by atoms with Gasteiger partial charge in [-0.3, -0.25) is 9.69 Å². The predicted molar refractivity (Wildman–Crippen MR) is 77.9 cm³/mol. The van der Waals surface area contributed by atoms with Gasteiger partial charge in [0.15, 0.2) is 0 Å². The zero-order valence-electron chi connectivity index (χ0n) is 11.7. The monoisotopic (exact) mass is 315 g/mol. The molecule has 21 heavy (non-hydrogen) atoms. The summed E-state index contributed by atoms with van der Waals surface area (Å²) >= 11 is 5.67. The zero-order valence-corrected chi connectivity index (χ0v) is 12.5. The number of ether oxygens (including phenoxy) is 1. The summed E-state index contributed by atoms with van der Waals surface area (Å²) in [6, 6.07) is 4.88. The third-order valence-corrected chi connectivity index (χ3v) is 3.90. The van der Waals surface area contributed by atoms with Gasteiger partial charge in [-0.2, -0.15) is 0 Å². The number of carboxylic acid groups (broad SMARTS) is 1. The molecule has 1 aliphatic heterocycles. The molecule has 1 saturated heterocycles. The first-order chi connectivity index (χ1) is 10.0. The van der Waals surface area contributed by atoms with Crippen molar-refractivity contribution in [1.29, 1.82) is 0 Å². The molecule has 116 valence electrons. The molecule has 1 fully saturated rings. The van der Waals surface area contributed by atoms with Crippen molar-refractivity contribution in [3.63, 3.8) is 0 Å². The second kappa shape index (κ2) is 7.73. The standard InChI is InChI=1S/C15H19ClFNO3/c16-13-2-1-11(9-14(13)17)10-18-6-3-12(4-7-18)21-8-5-15(19)20/h1-2,9,12H,3-8,10H2,(H,19,20). The van der Waals surface area contributed by atoms with Crippen molar-refractivity contribution in [2.45, 2.75) is 31.9 Å². The van der Waals surface area contributed by atoms with Crippen LogP contribution in [0.4, 0.5) is 4.39 Å². The van der Waals surface area contributed by atoms with E-state index in [1.807, 2.05) is 6.07 Å². The van der Waals surface area contributed by atoms with Crippen molar-refractivity contribution in [1.82, 2.24) is 4.90 Å². The second-order valence-electron chi connectivity index (χ2n) is 5.24. The summed E-state index contributed by atoms with van der Waals surface area (Å²) in [7, 11) is 0. The van der Waals surface area contributed by atoms with Gasteiger partial charge in [0.2, 0.25) is 0 Å². The van der Waals surface area contributed by atoms with Crippen LogP contribution >= 0.6 is 11.6 Å². The first kappa shape index (κ1) is 16.2. The van der Waals surface area contributed by atoms with Crippen LogP contribution in [0, 0.1) is 5.82 Å². The summed E-state index contributed by atoms with van der Waals surface area (Å²) in [6.07, 6.45) is 1.91. The number of rotatable bonds is 6. The smallest absolute Gasteiger partial charge is 0.305 e. The fourth-order valence-electron chi connectivity index (χ4n) is 2.44. The van der Waals surface area contributed by atoms with Gasteiger partial charge in [-0.1, -0.05) is 17.7 Å². The lowest BCUT2D eigenvalue weighted by molar-refractivity contribution is -0.138. The molecule has 1 aromatic rings. The van der Waals surface area contributed by atoms with Crippen LogP contribution in [-0.2, 0) is 16.1 Å². The van der Waals surface area contributed by atoms with E-state index < -0.39 is 5.97 Å². The number of hydrogen-bond donors (Lipinski definition) is 1. The van der Waals surface area contributed by atoms with E-state index >= 15 is 0 Å². The maximum atomic E-state index is 13.4. The van der Waals surface area contributed by atoms with Gasteiger partial charge in [0.05, 0.1) is 24.2 Å². The van der Waals surface area contributed by atoms with Crippen molar-refractivity contribution in [2.75, 3.05) is 19.7 Å². The Balaban J connectivity index is 1.73. The number of aliphatic carboxylic acids is 1. The number of nitrogens with zero attached hydrogens (tertiary/aromatic N) is 1. The normalized spacial score (nSPS) is 17.0. The topological polar surface area (TPSA) is 49.8 Å². The van der Waals surface area contributed by atoms with Gasteiger partial charge in [0.25, 0.3) is 0 Å². The van der Waals surface area contributed by atoms with Crippen molar-refractivity contribution < 1.29 is 19.0 Å². The van der Waals surface area contributed by atoms with Gasteiger partial charge in [-0.05, 0) is 30.5 Å². The Morgan fingerprint density at radius 2 is 2.14 bits per heavy atom. The number of benzene rings is 1. The highest BCUT2D eigenvalue weighted by Gasteiger charge is 2.20. The molecular weight excluding hydrogens is 297 g/mol. The Kier molecular flexibility index (Phi) is 5.96. The molecule has 2 rings (SSSR count). The molecule has 1 heterocycles. The highest BCUT2D eigenvalue weighted by molar-refractivity contribution is 6.30. The first-order valence-corrected chi connectivity index (χ1v) is 7.42. The molecule has 0 aliphatic carbocycles. The number of piperidine rings is 1. The van der Waals surface area contributed by atoms with Crippen LogP contribution in [0.5, 0.6) is 0 Å². The van der Waals surface area contributed by atoms with Crippen LogP contribution < -0.4 is 0 Å². The fourth-order valence-corrected chi connectivity index (χ4v) is 2.56. The summed E-state index contributed by atoms with van der Waals surface area (Å²) in [5.41, 5.74) is 0.905. The number of hydrogen-bond acceptors (Lipinski definition) is 3. The molecule has 4 nitrogen and oxygen atoms in total. The van der Waals surface area contributed by atoms with Gasteiger partial charge < -0.3 is 9.84 Å². The molecule has 1 aliphatic rings. The van der Waals surface area contributed by atoms with Gasteiger partial charge >= 0.3 is 5.97 Å². The summed E-state index contributed by atoms with van der Waals surface area (Å²) in [5.74, 6) is -1.22. The summed E-state index contributed by atoms with van der Waals surface area (Å²) in [5, 5.41) is 8.71. The third-order valence-electron chi connectivity index (χ3n) is 3.59. The predicted octanol–water partition coefficient (Wildman–Crippen LogP) is 2.93. The molecule has 0 saturated carbocycles. The Morgan fingerprint density at radius 3 is 2.76 bits per heavy atom. The highest BCUT2D eigenvalue weighted by Crippen LogP contribution is 2.19. The molecule has 1 N–H and O–H groups in total. The first-order valence-electron chi connectivity index (χ1n) is 7.04. The molecule has 0 bridgehead atoms. The molecule has 0 atom stereocenters. The Labute approximate surface area is 128 Å². The number of carbonyl (C=O) groups is 1. The number of halogens is 2. The minimum absolute atomic E-state index is 0.0459. The van der Waals surface area contributed by atoms with Crippen LogP contribution in [0.25, 0.3) is 0 Å². The minimum atomic E-state index is -0.836. The lowest BCUT2D eigenvalue weighted by atomic mass is 10.1. The molecular formula is C15H19ClFNO3. The van der Waals surface area contributed by atoms with E-state index in [0.29, 0.717) is 6.54 Å². The Morgan fingerprint density at radius 1 is 1.43 bits per heavy atom. The van der Waals surface area contributed by atoms with E-state index in [2.05, 4.69) is 4.90 Å². The average molecular weight is 316 g/mol. The molecule has 0 radical (unpaired) electrons. The van der Waals surface area contributed by atoms with E-state index in [4.69, 9.17) is 21.4 Å². The van der Waals surface area contributed by atoms with Crippen LogP contribution in [0.3, 0.4) is 0 Å². The minimum Gasteiger partial charge on any atom is -0.481 e. The van der Waals surface area contributed by atoms with Crippen LogP contribution in [0.2, 0.25) is 5.02 Å².